The molecular formula is C25H23NO7. The van der Waals surface area contributed by atoms with Crippen molar-refractivity contribution < 1.29 is 33.0 Å². The average Bonchev–Trinajstić information content (AvgIpc) is 3.19. The van der Waals surface area contributed by atoms with Gasteiger partial charge in [-0.2, -0.15) is 0 Å². The molecule has 170 valence electrons. The molecule has 0 atom stereocenters. The van der Waals surface area contributed by atoms with Gasteiger partial charge in [-0.15, -0.1) is 0 Å². The van der Waals surface area contributed by atoms with E-state index in [0.29, 0.717) is 34.1 Å². The number of hydrogen-bond acceptors (Lipinski definition) is 7. The van der Waals surface area contributed by atoms with Gasteiger partial charge in [-0.1, -0.05) is 24.3 Å². The number of furan rings is 1. The third-order valence-electron chi connectivity index (χ3n) is 5.13. The van der Waals surface area contributed by atoms with Gasteiger partial charge in [-0.3, -0.25) is 9.59 Å². The first-order chi connectivity index (χ1) is 16.0. The highest BCUT2D eigenvalue weighted by Gasteiger charge is 2.16. The maximum absolute atomic E-state index is 12.4. The maximum atomic E-state index is 12.4. The molecule has 0 fully saturated rings. The van der Waals surface area contributed by atoms with Crippen LogP contribution < -0.4 is 19.5 Å². The van der Waals surface area contributed by atoms with Gasteiger partial charge in [0.1, 0.15) is 16.9 Å². The number of esters is 1. The van der Waals surface area contributed by atoms with Crippen LogP contribution in [0.15, 0.2) is 59.0 Å². The number of benzene rings is 3. The van der Waals surface area contributed by atoms with Crippen LogP contribution in [0.1, 0.15) is 5.56 Å². The molecule has 8 heteroatoms. The molecule has 1 amide bonds. The van der Waals surface area contributed by atoms with E-state index >= 15 is 0 Å². The van der Waals surface area contributed by atoms with Crippen LogP contribution in [0.25, 0.3) is 21.9 Å². The second kappa shape index (κ2) is 9.52. The van der Waals surface area contributed by atoms with Crippen molar-refractivity contribution in [2.45, 2.75) is 6.42 Å². The molecule has 0 aliphatic heterocycles. The van der Waals surface area contributed by atoms with Crippen LogP contribution in [0.2, 0.25) is 0 Å². The number of rotatable bonds is 8. The molecule has 0 radical (unpaired) electrons. The summed E-state index contributed by atoms with van der Waals surface area (Å²) in [6.45, 7) is -0.437. The van der Waals surface area contributed by atoms with Gasteiger partial charge in [0, 0.05) is 16.8 Å². The number of carbonyl (C=O) groups excluding carboxylic acids is 2. The number of carbonyl (C=O) groups is 2. The molecule has 8 nitrogen and oxygen atoms in total. The van der Waals surface area contributed by atoms with E-state index in [4.69, 9.17) is 23.4 Å². The summed E-state index contributed by atoms with van der Waals surface area (Å²) < 4.78 is 26.8. The van der Waals surface area contributed by atoms with Gasteiger partial charge >= 0.3 is 5.97 Å². The van der Waals surface area contributed by atoms with Crippen molar-refractivity contribution >= 4 is 39.5 Å². The third kappa shape index (κ3) is 4.69. The van der Waals surface area contributed by atoms with Crippen molar-refractivity contribution in [3.63, 3.8) is 0 Å². The lowest BCUT2D eigenvalue weighted by Gasteiger charge is -2.11. The van der Waals surface area contributed by atoms with Crippen LogP contribution in [0.5, 0.6) is 17.2 Å². The highest BCUT2D eigenvalue weighted by molar-refractivity contribution is 6.07. The summed E-state index contributed by atoms with van der Waals surface area (Å²) in [5.41, 5.74) is 2.44. The second-order valence-corrected chi connectivity index (χ2v) is 7.22. The molecule has 0 unspecified atom stereocenters. The minimum Gasteiger partial charge on any atom is -0.495 e. The van der Waals surface area contributed by atoms with Gasteiger partial charge in [0.2, 0.25) is 0 Å². The third-order valence-corrected chi connectivity index (χ3v) is 5.13. The number of hydrogen-bond donors (Lipinski definition) is 1. The Bertz CT molecular complexity index is 1330. The Balaban J connectivity index is 1.41. The number of para-hydroxylation sites is 1. The van der Waals surface area contributed by atoms with Gasteiger partial charge < -0.3 is 28.7 Å². The van der Waals surface area contributed by atoms with E-state index in [-0.39, 0.29) is 6.42 Å². The minimum atomic E-state index is -0.544. The normalized spacial score (nSPS) is 10.8. The van der Waals surface area contributed by atoms with Crippen molar-refractivity contribution in [3.8, 4) is 17.2 Å². The van der Waals surface area contributed by atoms with Crippen molar-refractivity contribution in [2.75, 3.05) is 33.3 Å². The number of ether oxygens (including phenoxy) is 4. The Morgan fingerprint density at radius 1 is 0.818 bits per heavy atom. The lowest BCUT2D eigenvalue weighted by Crippen LogP contribution is -2.22. The zero-order valence-electron chi connectivity index (χ0n) is 18.5. The highest BCUT2D eigenvalue weighted by atomic mass is 16.5. The van der Waals surface area contributed by atoms with Gasteiger partial charge in [0.15, 0.2) is 18.1 Å². The molecular weight excluding hydrogens is 426 g/mol. The molecule has 1 N–H and O–H groups in total. The Kier molecular flexibility index (Phi) is 6.35. The molecule has 0 aliphatic carbocycles. The van der Waals surface area contributed by atoms with Gasteiger partial charge in [0.05, 0.1) is 33.4 Å². The monoisotopic (exact) mass is 449 g/mol. The largest absolute Gasteiger partial charge is 0.495 e. The van der Waals surface area contributed by atoms with Gasteiger partial charge in [-0.05, 0) is 29.8 Å². The van der Waals surface area contributed by atoms with E-state index < -0.39 is 18.5 Å². The van der Waals surface area contributed by atoms with E-state index in [9.17, 15) is 9.59 Å². The Labute approximate surface area is 190 Å². The predicted octanol–water partition coefficient (Wildman–Crippen LogP) is 4.34. The van der Waals surface area contributed by atoms with Crippen LogP contribution in [-0.4, -0.2) is 39.8 Å². The zero-order valence-corrected chi connectivity index (χ0v) is 18.5. The number of amides is 1. The molecule has 33 heavy (non-hydrogen) atoms. The molecule has 0 saturated heterocycles. The summed E-state index contributed by atoms with van der Waals surface area (Å²) in [7, 11) is 4.56. The SMILES string of the molecule is COc1cc2c(cc1NC(=O)COC(=O)Cc1ccc(OC)c(OC)c1)oc1ccccc12. The fourth-order valence-corrected chi connectivity index (χ4v) is 3.56. The average molecular weight is 449 g/mol. The van der Waals surface area contributed by atoms with E-state index in [1.54, 1.807) is 30.3 Å². The summed E-state index contributed by atoms with van der Waals surface area (Å²) in [5, 5.41) is 4.54. The number of methoxy groups -OCH3 is 3. The Morgan fingerprint density at radius 2 is 1.58 bits per heavy atom. The Hall–Kier alpha value is -4.20. The fourth-order valence-electron chi connectivity index (χ4n) is 3.56. The predicted molar refractivity (Wildman–Crippen MR) is 123 cm³/mol. The van der Waals surface area contributed by atoms with E-state index in [1.807, 2.05) is 24.3 Å². The molecule has 1 heterocycles. The second-order valence-electron chi connectivity index (χ2n) is 7.22. The minimum absolute atomic E-state index is 0.0120. The first-order valence-electron chi connectivity index (χ1n) is 10.2. The summed E-state index contributed by atoms with van der Waals surface area (Å²) >= 11 is 0. The molecule has 1 aromatic heterocycles. The maximum Gasteiger partial charge on any atom is 0.310 e. The van der Waals surface area contributed by atoms with E-state index in [0.717, 1.165) is 16.4 Å². The molecule has 3 aromatic carbocycles. The van der Waals surface area contributed by atoms with Crippen molar-refractivity contribution in [1.29, 1.82) is 0 Å². The van der Waals surface area contributed by atoms with Crippen LogP contribution in [-0.2, 0) is 20.7 Å². The molecule has 0 aliphatic rings. The van der Waals surface area contributed by atoms with Crippen LogP contribution in [0.3, 0.4) is 0 Å². The summed E-state index contributed by atoms with van der Waals surface area (Å²) in [6, 6.07) is 16.3. The van der Waals surface area contributed by atoms with Crippen molar-refractivity contribution in [2.24, 2.45) is 0 Å². The topological polar surface area (TPSA) is 96.2 Å². The molecule has 4 rings (SSSR count). The molecule has 4 aromatic rings. The molecule has 0 spiro atoms. The van der Waals surface area contributed by atoms with Crippen LogP contribution in [0, 0.1) is 0 Å². The van der Waals surface area contributed by atoms with Crippen LogP contribution in [0.4, 0.5) is 5.69 Å². The quantitative estimate of drug-likeness (QED) is 0.400. The van der Waals surface area contributed by atoms with Crippen LogP contribution >= 0.6 is 0 Å². The molecule has 0 bridgehead atoms. The first kappa shape index (κ1) is 22.0. The summed E-state index contributed by atoms with van der Waals surface area (Å²) in [5.74, 6) is 0.499. The first-order valence-corrected chi connectivity index (χ1v) is 10.2. The smallest absolute Gasteiger partial charge is 0.310 e. The summed E-state index contributed by atoms with van der Waals surface area (Å²) in [4.78, 5) is 24.6. The van der Waals surface area contributed by atoms with E-state index in [2.05, 4.69) is 5.32 Å². The number of anilines is 1. The van der Waals surface area contributed by atoms with Gasteiger partial charge in [-0.25, -0.2) is 0 Å². The number of fused-ring (bicyclic) bond motifs is 3. The zero-order chi connectivity index (χ0) is 23.4. The standard InChI is InChI=1S/C25H23NO7/c1-29-20-9-8-15(10-23(20)31-3)11-25(28)32-14-24(27)26-18-13-21-17(12-22(18)30-2)16-6-4-5-7-19(16)33-21/h4-10,12-13H,11,14H2,1-3H3,(H,26,27). The highest BCUT2D eigenvalue weighted by Crippen LogP contribution is 2.36. The van der Waals surface area contributed by atoms with Crippen molar-refractivity contribution in [1.82, 2.24) is 0 Å². The van der Waals surface area contributed by atoms with E-state index in [1.165, 1.54) is 21.3 Å². The van der Waals surface area contributed by atoms with Crippen molar-refractivity contribution in [3.05, 3.63) is 60.2 Å². The number of nitrogens with one attached hydrogen (secondary N) is 1. The summed E-state index contributed by atoms with van der Waals surface area (Å²) in [6.07, 6.45) is -0.0120. The Morgan fingerprint density at radius 3 is 2.33 bits per heavy atom. The lowest BCUT2D eigenvalue weighted by atomic mass is 10.1. The lowest BCUT2D eigenvalue weighted by molar-refractivity contribution is -0.146. The fraction of sp³-hybridized carbons (Fsp3) is 0.200. The molecule has 0 saturated carbocycles. The van der Waals surface area contributed by atoms with Gasteiger partial charge in [0.25, 0.3) is 5.91 Å².